The van der Waals surface area contributed by atoms with Gasteiger partial charge in [-0.05, 0) is 41.4 Å². The van der Waals surface area contributed by atoms with Crippen LogP contribution in [0.1, 0.15) is 16.8 Å². The highest BCUT2D eigenvalue weighted by molar-refractivity contribution is 9.10. The van der Waals surface area contributed by atoms with E-state index in [0.717, 1.165) is 6.07 Å². The molecule has 0 atom stereocenters. The van der Waals surface area contributed by atoms with Crippen molar-refractivity contribution in [3.8, 4) is 6.07 Å². The second-order valence-corrected chi connectivity index (χ2v) is 4.97. The first-order valence-corrected chi connectivity index (χ1v) is 6.39. The molecule has 0 radical (unpaired) electrons. The lowest BCUT2D eigenvalue weighted by Crippen LogP contribution is -2.05. The zero-order chi connectivity index (χ0) is 14.9. The van der Waals surface area contributed by atoms with Crippen molar-refractivity contribution < 1.29 is 8.78 Å². The lowest BCUT2D eigenvalue weighted by atomic mass is 10.1. The maximum Gasteiger partial charge on any atom is 0.171 e. The van der Waals surface area contributed by atoms with E-state index in [9.17, 15) is 8.78 Å². The molecular weight excluding hydrogens is 330 g/mol. The molecule has 4 nitrogen and oxygen atoms in total. The Bertz CT molecular complexity index is 725. The van der Waals surface area contributed by atoms with E-state index in [-0.39, 0.29) is 21.5 Å². The van der Waals surface area contributed by atoms with E-state index >= 15 is 0 Å². The van der Waals surface area contributed by atoms with Crippen LogP contribution in [0.2, 0.25) is 0 Å². The van der Waals surface area contributed by atoms with Gasteiger partial charge in [-0.2, -0.15) is 10.4 Å². The fourth-order valence-corrected chi connectivity index (χ4v) is 1.92. The third-order valence-corrected chi connectivity index (χ3v) is 3.44. The predicted molar refractivity (Wildman–Crippen MR) is 73.6 cm³/mol. The molecule has 7 heteroatoms. The van der Waals surface area contributed by atoms with Crippen LogP contribution in [0.25, 0.3) is 0 Å². The molecule has 0 aliphatic rings. The van der Waals surface area contributed by atoms with Crippen LogP contribution in [0.3, 0.4) is 0 Å². The number of rotatable bonds is 2. The van der Waals surface area contributed by atoms with Gasteiger partial charge in [0.1, 0.15) is 23.3 Å². The summed E-state index contributed by atoms with van der Waals surface area (Å²) in [7, 11) is 0. The second-order valence-electron chi connectivity index (χ2n) is 4.12. The van der Waals surface area contributed by atoms with Gasteiger partial charge in [0.2, 0.25) is 0 Å². The minimum Gasteiger partial charge on any atom is -0.335 e. The van der Waals surface area contributed by atoms with Crippen molar-refractivity contribution in [1.82, 2.24) is 10.2 Å². The quantitative estimate of drug-likeness (QED) is 0.847. The third-order valence-electron chi connectivity index (χ3n) is 2.83. The number of benzene rings is 1. The molecule has 0 aliphatic heterocycles. The molecule has 2 rings (SSSR count). The molecule has 102 valence electrons. The Morgan fingerprint density at radius 1 is 1.20 bits per heavy atom. The number of nitrogens with zero attached hydrogens (tertiary/aromatic N) is 3. The summed E-state index contributed by atoms with van der Waals surface area (Å²) >= 11 is 2.97. The van der Waals surface area contributed by atoms with Crippen LogP contribution in [0.15, 0.2) is 16.6 Å². The molecule has 0 spiro atoms. The van der Waals surface area contributed by atoms with Crippen LogP contribution in [0, 0.1) is 36.8 Å². The zero-order valence-electron chi connectivity index (χ0n) is 10.6. The van der Waals surface area contributed by atoms with Gasteiger partial charge in [-0.25, -0.2) is 8.78 Å². The number of hydrogen-bond acceptors (Lipinski definition) is 4. The molecule has 1 aromatic carbocycles. The first kappa shape index (κ1) is 14.3. The lowest BCUT2D eigenvalue weighted by Gasteiger charge is -2.10. The van der Waals surface area contributed by atoms with Gasteiger partial charge >= 0.3 is 0 Å². The van der Waals surface area contributed by atoms with Gasteiger partial charge in [0.05, 0.1) is 15.9 Å². The smallest absolute Gasteiger partial charge is 0.171 e. The summed E-state index contributed by atoms with van der Waals surface area (Å²) in [6.45, 7) is 3.45. The number of anilines is 2. The van der Waals surface area contributed by atoms with Crippen molar-refractivity contribution in [2.24, 2.45) is 0 Å². The lowest BCUT2D eigenvalue weighted by molar-refractivity contribution is 0.581. The maximum atomic E-state index is 13.7. The highest BCUT2D eigenvalue weighted by Gasteiger charge is 2.14. The molecule has 0 unspecified atom stereocenters. The van der Waals surface area contributed by atoms with Crippen LogP contribution in [0.4, 0.5) is 20.3 Å². The standard InChI is InChI=1S/C13H9BrF2N4/c1-6-7(2)19-20-13(8(6)5-17)18-12-3-9(14)10(15)4-11(12)16/h3-4H,1-2H3,(H,18,20). The van der Waals surface area contributed by atoms with Crippen molar-refractivity contribution in [1.29, 1.82) is 5.26 Å². The van der Waals surface area contributed by atoms with Crippen LogP contribution in [0.5, 0.6) is 0 Å². The van der Waals surface area contributed by atoms with Gasteiger partial charge < -0.3 is 5.32 Å². The molecule has 0 saturated heterocycles. The Balaban J connectivity index is 2.49. The SMILES string of the molecule is Cc1nnc(Nc2cc(Br)c(F)cc2F)c(C#N)c1C. The molecular formula is C13H9BrF2N4. The average Bonchev–Trinajstić information content (AvgIpc) is 2.40. The highest BCUT2D eigenvalue weighted by atomic mass is 79.9. The molecule has 0 amide bonds. The van der Waals surface area contributed by atoms with Gasteiger partial charge in [0, 0.05) is 6.07 Å². The topological polar surface area (TPSA) is 61.6 Å². The molecule has 2 aromatic rings. The summed E-state index contributed by atoms with van der Waals surface area (Å²) < 4.78 is 27.0. The summed E-state index contributed by atoms with van der Waals surface area (Å²) in [5.74, 6) is -1.36. The minimum atomic E-state index is -0.783. The van der Waals surface area contributed by atoms with E-state index in [1.165, 1.54) is 6.07 Å². The van der Waals surface area contributed by atoms with Crippen molar-refractivity contribution in [3.05, 3.63) is 45.1 Å². The van der Waals surface area contributed by atoms with E-state index in [2.05, 4.69) is 31.4 Å². The Morgan fingerprint density at radius 2 is 1.90 bits per heavy atom. The van der Waals surface area contributed by atoms with Crippen molar-refractivity contribution >= 4 is 27.4 Å². The molecule has 1 aromatic heterocycles. The number of halogens is 3. The Hall–Kier alpha value is -2.07. The van der Waals surface area contributed by atoms with Gasteiger partial charge in [-0.3, -0.25) is 0 Å². The van der Waals surface area contributed by atoms with Crippen molar-refractivity contribution in [3.63, 3.8) is 0 Å². The Kier molecular flexibility index (Phi) is 3.95. The zero-order valence-corrected chi connectivity index (χ0v) is 12.2. The summed E-state index contributed by atoms with van der Waals surface area (Å²) in [5.41, 5.74) is 1.56. The third kappa shape index (κ3) is 2.60. The van der Waals surface area contributed by atoms with Gasteiger partial charge in [-0.15, -0.1) is 5.10 Å². The summed E-state index contributed by atoms with van der Waals surface area (Å²) in [4.78, 5) is 0. The molecule has 1 heterocycles. The van der Waals surface area contributed by atoms with Gasteiger partial charge in [0.15, 0.2) is 5.82 Å². The number of aryl methyl sites for hydroxylation is 1. The second kappa shape index (κ2) is 5.51. The average molecular weight is 339 g/mol. The largest absolute Gasteiger partial charge is 0.335 e. The fourth-order valence-electron chi connectivity index (χ4n) is 1.58. The summed E-state index contributed by atoms with van der Waals surface area (Å²) in [5, 5.41) is 19.5. The number of hydrogen-bond donors (Lipinski definition) is 1. The molecule has 0 bridgehead atoms. The van der Waals surface area contributed by atoms with E-state index in [1.807, 2.05) is 6.07 Å². The fraction of sp³-hybridized carbons (Fsp3) is 0.154. The van der Waals surface area contributed by atoms with Crippen LogP contribution < -0.4 is 5.32 Å². The predicted octanol–water partition coefficient (Wildman–Crippen LogP) is 3.75. The van der Waals surface area contributed by atoms with E-state index in [0.29, 0.717) is 11.3 Å². The summed E-state index contributed by atoms with van der Waals surface area (Å²) in [6.07, 6.45) is 0. The van der Waals surface area contributed by atoms with Crippen LogP contribution in [-0.4, -0.2) is 10.2 Å². The van der Waals surface area contributed by atoms with Crippen LogP contribution in [-0.2, 0) is 0 Å². The molecule has 0 aliphatic carbocycles. The summed E-state index contributed by atoms with van der Waals surface area (Å²) in [6, 6.07) is 3.98. The molecule has 0 saturated carbocycles. The Morgan fingerprint density at radius 3 is 2.55 bits per heavy atom. The van der Waals surface area contributed by atoms with Gasteiger partial charge in [-0.1, -0.05) is 0 Å². The van der Waals surface area contributed by atoms with Crippen molar-refractivity contribution in [2.45, 2.75) is 13.8 Å². The first-order chi connectivity index (χ1) is 9.43. The normalized spacial score (nSPS) is 10.2. The minimum absolute atomic E-state index is 0.00679. The first-order valence-electron chi connectivity index (χ1n) is 5.59. The number of aromatic nitrogens is 2. The Labute approximate surface area is 122 Å². The maximum absolute atomic E-state index is 13.7. The van der Waals surface area contributed by atoms with Crippen LogP contribution >= 0.6 is 15.9 Å². The number of nitrogens with one attached hydrogen (secondary N) is 1. The molecule has 1 N–H and O–H groups in total. The van der Waals surface area contributed by atoms with Gasteiger partial charge in [0.25, 0.3) is 0 Å². The molecule has 0 fully saturated rings. The van der Waals surface area contributed by atoms with E-state index in [1.54, 1.807) is 13.8 Å². The monoisotopic (exact) mass is 338 g/mol. The van der Waals surface area contributed by atoms with E-state index in [4.69, 9.17) is 5.26 Å². The highest BCUT2D eigenvalue weighted by Crippen LogP contribution is 2.27. The van der Waals surface area contributed by atoms with Crippen molar-refractivity contribution in [2.75, 3.05) is 5.32 Å². The molecule has 20 heavy (non-hydrogen) atoms. The number of nitriles is 1. The van der Waals surface area contributed by atoms with E-state index < -0.39 is 11.6 Å².